The van der Waals surface area contributed by atoms with Gasteiger partial charge in [0.15, 0.2) is 0 Å². The average Bonchev–Trinajstić information content (AvgIpc) is 2.74. The molecule has 0 atom stereocenters. The summed E-state index contributed by atoms with van der Waals surface area (Å²) in [7, 11) is 0. The lowest BCUT2D eigenvalue weighted by atomic mass is 9.95. The Morgan fingerprint density at radius 3 is 1.41 bits per heavy atom. The Kier molecular flexibility index (Phi) is 3.92. The molecule has 1 heteroatoms. The standard InChI is InChI=1S/C26H17Cl/c27-24-14-12-19(13-15-24)23-11-9-21-7-6-20-8-10-22(16-25(20)26(21)17-23)18-4-2-1-3-5-18/h1-17H. The Morgan fingerprint density at radius 1 is 0.407 bits per heavy atom. The van der Waals surface area contributed by atoms with Crippen molar-refractivity contribution in [3.05, 3.63) is 108 Å². The van der Waals surface area contributed by atoms with Crippen LogP contribution in [-0.4, -0.2) is 0 Å². The monoisotopic (exact) mass is 364 g/mol. The molecule has 0 heterocycles. The second-order valence-electron chi connectivity index (χ2n) is 6.81. The van der Waals surface area contributed by atoms with Crippen molar-refractivity contribution in [2.24, 2.45) is 0 Å². The maximum Gasteiger partial charge on any atom is 0.0406 e. The zero-order valence-corrected chi connectivity index (χ0v) is 15.4. The van der Waals surface area contributed by atoms with Gasteiger partial charge in [0.25, 0.3) is 0 Å². The topological polar surface area (TPSA) is 0 Å². The predicted molar refractivity (Wildman–Crippen MR) is 117 cm³/mol. The third-order valence-electron chi connectivity index (χ3n) is 5.12. The molecule has 0 N–H and O–H groups in total. The van der Waals surface area contributed by atoms with Crippen LogP contribution in [0.2, 0.25) is 5.02 Å². The molecule has 0 aliphatic heterocycles. The Labute approximate surface area is 163 Å². The second kappa shape index (κ2) is 6.57. The fraction of sp³-hybridized carbons (Fsp3) is 0. The van der Waals surface area contributed by atoms with Crippen molar-refractivity contribution in [3.63, 3.8) is 0 Å². The van der Waals surface area contributed by atoms with Gasteiger partial charge >= 0.3 is 0 Å². The van der Waals surface area contributed by atoms with E-state index in [2.05, 4.69) is 91.0 Å². The van der Waals surface area contributed by atoms with Gasteiger partial charge in [-0.25, -0.2) is 0 Å². The zero-order chi connectivity index (χ0) is 18.2. The maximum absolute atomic E-state index is 6.05. The Morgan fingerprint density at radius 2 is 0.852 bits per heavy atom. The molecule has 0 fully saturated rings. The average molecular weight is 365 g/mol. The number of fused-ring (bicyclic) bond motifs is 3. The van der Waals surface area contributed by atoms with Crippen molar-refractivity contribution in [3.8, 4) is 22.3 Å². The second-order valence-corrected chi connectivity index (χ2v) is 7.25. The number of rotatable bonds is 2. The van der Waals surface area contributed by atoms with Gasteiger partial charge in [-0.3, -0.25) is 0 Å². The van der Waals surface area contributed by atoms with E-state index < -0.39 is 0 Å². The third-order valence-corrected chi connectivity index (χ3v) is 5.38. The lowest BCUT2D eigenvalue weighted by Crippen LogP contribution is -1.83. The van der Waals surface area contributed by atoms with Gasteiger partial charge in [0.1, 0.15) is 0 Å². The van der Waals surface area contributed by atoms with Gasteiger partial charge in [-0.2, -0.15) is 0 Å². The molecule has 27 heavy (non-hydrogen) atoms. The number of benzene rings is 5. The first kappa shape index (κ1) is 16.1. The fourth-order valence-electron chi connectivity index (χ4n) is 3.68. The van der Waals surface area contributed by atoms with Crippen LogP contribution in [0.15, 0.2) is 103 Å². The Bertz CT molecular complexity index is 1250. The summed E-state index contributed by atoms with van der Waals surface area (Å²) >= 11 is 6.05. The van der Waals surface area contributed by atoms with Crippen LogP contribution in [0.1, 0.15) is 0 Å². The number of halogens is 1. The van der Waals surface area contributed by atoms with E-state index in [1.165, 1.54) is 43.8 Å². The minimum Gasteiger partial charge on any atom is -0.0843 e. The van der Waals surface area contributed by atoms with E-state index in [4.69, 9.17) is 11.6 Å². The predicted octanol–water partition coefficient (Wildman–Crippen LogP) is 7.98. The van der Waals surface area contributed by atoms with Crippen molar-refractivity contribution >= 4 is 33.1 Å². The summed E-state index contributed by atoms with van der Waals surface area (Å²) in [4.78, 5) is 0. The van der Waals surface area contributed by atoms with Crippen molar-refractivity contribution in [2.45, 2.75) is 0 Å². The largest absolute Gasteiger partial charge is 0.0843 e. The highest BCUT2D eigenvalue weighted by Crippen LogP contribution is 2.33. The Hall–Kier alpha value is -3.09. The van der Waals surface area contributed by atoms with Crippen molar-refractivity contribution in [2.75, 3.05) is 0 Å². The van der Waals surface area contributed by atoms with Crippen molar-refractivity contribution in [1.82, 2.24) is 0 Å². The highest BCUT2D eigenvalue weighted by atomic mass is 35.5. The van der Waals surface area contributed by atoms with Crippen molar-refractivity contribution in [1.29, 1.82) is 0 Å². The van der Waals surface area contributed by atoms with Crippen LogP contribution in [0.3, 0.4) is 0 Å². The number of hydrogen-bond acceptors (Lipinski definition) is 0. The molecule has 0 spiro atoms. The fourth-order valence-corrected chi connectivity index (χ4v) is 3.81. The van der Waals surface area contributed by atoms with Crippen LogP contribution in [0.5, 0.6) is 0 Å². The Balaban J connectivity index is 1.74. The molecule has 0 saturated heterocycles. The van der Waals surface area contributed by atoms with Gasteiger partial charge in [0.2, 0.25) is 0 Å². The molecule has 0 saturated carbocycles. The molecular formula is C26H17Cl. The van der Waals surface area contributed by atoms with Crippen LogP contribution >= 0.6 is 11.6 Å². The van der Waals surface area contributed by atoms with Crippen LogP contribution in [0, 0.1) is 0 Å². The smallest absolute Gasteiger partial charge is 0.0406 e. The lowest BCUT2D eigenvalue weighted by Gasteiger charge is -2.10. The molecule has 0 aliphatic rings. The minimum absolute atomic E-state index is 0.762. The molecule has 5 rings (SSSR count). The summed E-state index contributed by atoms with van der Waals surface area (Å²) in [5.41, 5.74) is 4.87. The zero-order valence-electron chi connectivity index (χ0n) is 14.7. The summed E-state index contributed by atoms with van der Waals surface area (Å²) < 4.78 is 0. The van der Waals surface area contributed by atoms with Gasteiger partial charge < -0.3 is 0 Å². The van der Waals surface area contributed by atoms with Gasteiger partial charge in [0, 0.05) is 5.02 Å². The molecule has 0 nitrogen and oxygen atoms in total. The molecular weight excluding hydrogens is 348 g/mol. The van der Waals surface area contributed by atoms with Gasteiger partial charge in [-0.1, -0.05) is 90.5 Å². The maximum atomic E-state index is 6.05. The summed E-state index contributed by atoms with van der Waals surface area (Å²) in [6.07, 6.45) is 0. The first-order valence-electron chi connectivity index (χ1n) is 9.06. The molecule has 0 aliphatic carbocycles. The van der Waals surface area contributed by atoms with Crippen LogP contribution in [0.4, 0.5) is 0 Å². The van der Waals surface area contributed by atoms with Gasteiger partial charge in [-0.05, 0) is 68.1 Å². The third kappa shape index (κ3) is 2.99. The van der Waals surface area contributed by atoms with E-state index >= 15 is 0 Å². The van der Waals surface area contributed by atoms with E-state index in [1.54, 1.807) is 0 Å². The molecule has 5 aromatic rings. The molecule has 128 valence electrons. The molecule has 0 amide bonds. The van der Waals surface area contributed by atoms with E-state index in [0.717, 1.165) is 5.02 Å². The van der Waals surface area contributed by atoms with Crippen LogP contribution < -0.4 is 0 Å². The molecule has 5 aromatic carbocycles. The van der Waals surface area contributed by atoms with Crippen LogP contribution in [0.25, 0.3) is 43.8 Å². The normalized spacial score (nSPS) is 11.1. The minimum atomic E-state index is 0.762. The summed E-state index contributed by atoms with van der Waals surface area (Å²) in [5, 5.41) is 5.83. The van der Waals surface area contributed by atoms with E-state index in [0.29, 0.717) is 0 Å². The molecule has 0 radical (unpaired) electrons. The molecule has 0 aromatic heterocycles. The SMILES string of the molecule is Clc1ccc(-c2ccc3ccc4ccc(-c5ccccc5)cc4c3c2)cc1. The summed E-state index contributed by atoms with van der Waals surface area (Å²) in [6, 6.07) is 36.4. The molecule has 0 bridgehead atoms. The van der Waals surface area contributed by atoms with E-state index in [-0.39, 0.29) is 0 Å². The highest BCUT2D eigenvalue weighted by Gasteiger charge is 2.06. The van der Waals surface area contributed by atoms with E-state index in [9.17, 15) is 0 Å². The first-order valence-corrected chi connectivity index (χ1v) is 9.44. The first-order chi connectivity index (χ1) is 13.3. The van der Waals surface area contributed by atoms with Crippen molar-refractivity contribution < 1.29 is 0 Å². The summed E-state index contributed by atoms with van der Waals surface area (Å²) in [5.74, 6) is 0. The van der Waals surface area contributed by atoms with Gasteiger partial charge in [-0.15, -0.1) is 0 Å². The highest BCUT2D eigenvalue weighted by molar-refractivity contribution is 6.30. The van der Waals surface area contributed by atoms with Gasteiger partial charge in [0.05, 0.1) is 0 Å². The quantitative estimate of drug-likeness (QED) is 0.278. The molecule has 0 unspecified atom stereocenters. The number of hydrogen-bond donors (Lipinski definition) is 0. The van der Waals surface area contributed by atoms with Crippen LogP contribution in [-0.2, 0) is 0 Å². The lowest BCUT2D eigenvalue weighted by molar-refractivity contribution is 1.64. The summed E-state index contributed by atoms with van der Waals surface area (Å²) in [6.45, 7) is 0. The van der Waals surface area contributed by atoms with E-state index in [1.807, 2.05) is 12.1 Å².